The maximum Gasteiger partial charge on any atom is 0.125 e. The molecule has 0 heterocycles. The van der Waals surface area contributed by atoms with E-state index in [1.807, 2.05) is 26.8 Å². The summed E-state index contributed by atoms with van der Waals surface area (Å²) < 4.78 is 35.5. The van der Waals surface area contributed by atoms with Crippen LogP contribution in [0.1, 0.15) is 63.1 Å². The fourth-order valence-electron chi connectivity index (χ4n) is 2.24. The molecular formula is C14H20BrO3S-. The van der Waals surface area contributed by atoms with Gasteiger partial charge in [0.1, 0.15) is 10.1 Å². The average molecular weight is 348 g/mol. The zero-order valence-corrected chi connectivity index (χ0v) is 14.4. The third-order valence-corrected chi connectivity index (χ3v) is 5.05. The Bertz CT molecular complexity index is 575. The van der Waals surface area contributed by atoms with Gasteiger partial charge in [-0.1, -0.05) is 56.6 Å². The highest BCUT2D eigenvalue weighted by atomic mass is 79.9. The second-order valence-electron chi connectivity index (χ2n) is 5.30. The van der Waals surface area contributed by atoms with Gasteiger partial charge in [0.15, 0.2) is 0 Å². The Morgan fingerprint density at radius 2 is 1.74 bits per heavy atom. The minimum Gasteiger partial charge on any atom is -0.744 e. The average Bonchev–Trinajstić information content (AvgIpc) is 2.25. The number of rotatable bonds is 4. The van der Waals surface area contributed by atoms with Crippen LogP contribution in [0.25, 0.3) is 0 Å². The van der Waals surface area contributed by atoms with Gasteiger partial charge in [0.05, 0.1) is 4.90 Å². The van der Waals surface area contributed by atoms with E-state index < -0.39 is 10.1 Å². The second kappa shape index (κ2) is 5.94. The molecule has 0 aliphatic carbocycles. The molecule has 0 radical (unpaired) electrons. The first kappa shape index (κ1) is 16.7. The van der Waals surface area contributed by atoms with E-state index in [0.29, 0.717) is 17.5 Å². The molecule has 0 N–H and O–H groups in total. The van der Waals surface area contributed by atoms with Crippen molar-refractivity contribution in [2.24, 2.45) is 0 Å². The van der Waals surface area contributed by atoms with Gasteiger partial charge in [-0.2, -0.15) is 0 Å². The molecule has 19 heavy (non-hydrogen) atoms. The third kappa shape index (κ3) is 3.38. The Morgan fingerprint density at radius 3 is 2.05 bits per heavy atom. The molecular weight excluding hydrogens is 328 g/mol. The van der Waals surface area contributed by atoms with Gasteiger partial charge in [-0.25, -0.2) is 8.42 Å². The van der Waals surface area contributed by atoms with E-state index in [-0.39, 0.29) is 16.7 Å². The first-order chi connectivity index (χ1) is 8.61. The Morgan fingerprint density at radius 1 is 1.21 bits per heavy atom. The van der Waals surface area contributed by atoms with E-state index in [0.717, 1.165) is 10.0 Å². The standard InChI is InChI=1S/C14H21BrO3S/c1-6-10-7-11(8(2)3)13(15)12(9(4)5)14(10)19(16,17)18/h7-9H,6H2,1-5H3,(H,16,17,18)/p-1. The van der Waals surface area contributed by atoms with Crippen LogP contribution in [0.3, 0.4) is 0 Å². The lowest BCUT2D eigenvalue weighted by Crippen LogP contribution is -2.12. The molecule has 0 saturated heterocycles. The molecule has 0 bridgehead atoms. The van der Waals surface area contributed by atoms with E-state index >= 15 is 0 Å². The third-order valence-electron chi connectivity index (χ3n) is 3.19. The van der Waals surface area contributed by atoms with Gasteiger partial charge in [0, 0.05) is 4.47 Å². The minimum absolute atomic E-state index is 0.0305. The van der Waals surface area contributed by atoms with Crippen LogP contribution in [0.2, 0.25) is 0 Å². The number of hydrogen-bond acceptors (Lipinski definition) is 3. The summed E-state index contributed by atoms with van der Waals surface area (Å²) in [5.74, 6) is 0.234. The van der Waals surface area contributed by atoms with Gasteiger partial charge in [-0.15, -0.1) is 0 Å². The van der Waals surface area contributed by atoms with Crippen LogP contribution in [0.15, 0.2) is 15.4 Å². The van der Waals surface area contributed by atoms with E-state index in [1.54, 1.807) is 0 Å². The monoisotopic (exact) mass is 347 g/mol. The lowest BCUT2D eigenvalue weighted by atomic mass is 9.92. The largest absolute Gasteiger partial charge is 0.744 e. The van der Waals surface area contributed by atoms with E-state index in [2.05, 4.69) is 29.8 Å². The molecule has 0 atom stereocenters. The molecule has 0 aromatic heterocycles. The van der Waals surface area contributed by atoms with Crippen molar-refractivity contribution in [3.05, 3.63) is 27.2 Å². The van der Waals surface area contributed by atoms with Gasteiger partial charge in [-0.3, -0.25) is 0 Å². The molecule has 0 spiro atoms. The molecule has 0 aliphatic rings. The summed E-state index contributed by atoms with van der Waals surface area (Å²) in [4.78, 5) is -0.0405. The highest BCUT2D eigenvalue weighted by molar-refractivity contribution is 9.10. The quantitative estimate of drug-likeness (QED) is 0.768. The van der Waals surface area contributed by atoms with Crippen molar-refractivity contribution in [2.75, 3.05) is 0 Å². The minimum atomic E-state index is -4.47. The van der Waals surface area contributed by atoms with Crippen molar-refractivity contribution >= 4 is 26.0 Å². The summed E-state index contributed by atoms with van der Waals surface area (Å²) in [7, 11) is -4.47. The Labute approximate surface area is 124 Å². The lowest BCUT2D eigenvalue weighted by Gasteiger charge is -2.24. The second-order valence-corrected chi connectivity index (χ2v) is 7.41. The first-order valence-electron chi connectivity index (χ1n) is 6.42. The van der Waals surface area contributed by atoms with Crippen molar-refractivity contribution in [2.45, 2.75) is 57.8 Å². The van der Waals surface area contributed by atoms with E-state index in [1.165, 1.54) is 0 Å². The van der Waals surface area contributed by atoms with Gasteiger partial charge < -0.3 is 4.55 Å². The van der Waals surface area contributed by atoms with Crippen LogP contribution in [0, 0.1) is 0 Å². The Hall–Kier alpha value is -0.390. The summed E-state index contributed by atoms with van der Waals surface area (Å²) in [6.45, 7) is 9.77. The molecule has 108 valence electrons. The molecule has 1 rings (SSSR count). The molecule has 0 amide bonds. The summed E-state index contributed by atoms with van der Waals surface area (Å²) in [5.41, 5.74) is 2.27. The molecule has 1 aromatic carbocycles. The maximum absolute atomic E-state index is 11.6. The summed E-state index contributed by atoms with van der Waals surface area (Å²) in [5, 5.41) is 0. The van der Waals surface area contributed by atoms with Gasteiger partial charge >= 0.3 is 0 Å². The van der Waals surface area contributed by atoms with Gasteiger partial charge in [0.2, 0.25) is 0 Å². The summed E-state index contributed by atoms with van der Waals surface area (Å²) in [6, 6.07) is 1.84. The van der Waals surface area contributed by atoms with Gasteiger partial charge in [0.25, 0.3) is 0 Å². The number of aryl methyl sites for hydroxylation is 1. The van der Waals surface area contributed by atoms with Crippen LogP contribution in [-0.2, 0) is 16.5 Å². The predicted molar refractivity (Wildman–Crippen MR) is 79.7 cm³/mol. The molecule has 0 unspecified atom stereocenters. The highest BCUT2D eigenvalue weighted by Crippen LogP contribution is 2.39. The predicted octanol–water partition coefficient (Wildman–Crippen LogP) is 4.16. The fourth-order valence-corrected chi connectivity index (χ4v) is 4.73. The lowest BCUT2D eigenvalue weighted by molar-refractivity contribution is 0.460. The zero-order valence-electron chi connectivity index (χ0n) is 12.0. The van der Waals surface area contributed by atoms with Crippen LogP contribution >= 0.6 is 15.9 Å². The Balaban J connectivity index is 3.86. The zero-order chi connectivity index (χ0) is 15.0. The molecule has 0 saturated carbocycles. The van der Waals surface area contributed by atoms with Crippen LogP contribution in [-0.4, -0.2) is 13.0 Å². The number of halogens is 1. The Kier molecular flexibility index (Phi) is 5.21. The van der Waals surface area contributed by atoms with Crippen molar-refractivity contribution in [3.8, 4) is 0 Å². The smallest absolute Gasteiger partial charge is 0.125 e. The normalized spacial score (nSPS) is 12.5. The fraction of sp³-hybridized carbons (Fsp3) is 0.571. The number of benzene rings is 1. The van der Waals surface area contributed by atoms with Gasteiger partial charge in [-0.05, 0) is 34.9 Å². The number of hydrogen-bond donors (Lipinski definition) is 0. The van der Waals surface area contributed by atoms with Crippen LogP contribution in [0.5, 0.6) is 0 Å². The van der Waals surface area contributed by atoms with Crippen molar-refractivity contribution in [1.82, 2.24) is 0 Å². The van der Waals surface area contributed by atoms with E-state index in [4.69, 9.17) is 0 Å². The summed E-state index contributed by atoms with van der Waals surface area (Å²) >= 11 is 3.49. The van der Waals surface area contributed by atoms with Crippen molar-refractivity contribution < 1.29 is 13.0 Å². The SMILES string of the molecule is CCc1cc(C(C)C)c(Br)c(C(C)C)c1S(=O)(=O)[O-]. The van der Waals surface area contributed by atoms with E-state index in [9.17, 15) is 13.0 Å². The van der Waals surface area contributed by atoms with Crippen molar-refractivity contribution in [3.63, 3.8) is 0 Å². The molecule has 1 aromatic rings. The molecule has 3 nitrogen and oxygen atoms in total. The van der Waals surface area contributed by atoms with Crippen LogP contribution in [0.4, 0.5) is 0 Å². The molecule has 0 fully saturated rings. The van der Waals surface area contributed by atoms with Crippen molar-refractivity contribution in [1.29, 1.82) is 0 Å². The highest BCUT2D eigenvalue weighted by Gasteiger charge is 2.22. The molecule has 0 aliphatic heterocycles. The summed E-state index contributed by atoms with van der Waals surface area (Å²) in [6.07, 6.45) is 0.531. The maximum atomic E-state index is 11.6. The van der Waals surface area contributed by atoms with Crippen LogP contribution < -0.4 is 0 Å². The molecule has 5 heteroatoms. The first-order valence-corrected chi connectivity index (χ1v) is 8.62. The topological polar surface area (TPSA) is 57.2 Å².